The molecule has 0 saturated carbocycles. The Morgan fingerprint density at radius 2 is 1.71 bits per heavy atom. The maximum Gasteiger partial charge on any atom is 0.280 e. The zero-order valence-corrected chi connectivity index (χ0v) is 19.3. The van der Waals surface area contributed by atoms with Gasteiger partial charge in [-0.3, -0.25) is 4.79 Å². The number of halogens is 7. The second-order valence-electron chi connectivity index (χ2n) is 6.18. The van der Waals surface area contributed by atoms with Crippen molar-refractivity contribution in [2.75, 3.05) is 11.6 Å². The van der Waals surface area contributed by atoms with Crippen LogP contribution < -0.4 is 9.75 Å². The summed E-state index contributed by atoms with van der Waals surface area (Å²) in [4.78, 5) is 12.8. The highest BCUT2D eigenvalue weighted by molar-refractivity contribution is 14.1. The Labute approximate surface area is 195 Å². The first-order valence-corrected chi connectivity index (χ1v) is 10.3. The Balaban J connectivity index is 2.12. The third kappa shape index (κ3) is 4.25. The van der Waals surface area contributed by atoms with Crippen LogP contribution in [0.15, 0.2) is 39.9 Å². The van der Waals surface area contributed by atoms with Crippen molar-refractivity contribution in [2.24, 2.45) is 5.10 Å². The Morgan fingerprint density at radius 1 is 1.13 bits per heavy atom. The summed E-state index contributed by atoms with van der Waals surface area (Å²) in [6, 6.07) is 3.40. The Bertz CT molecular complexity index is 1150. The maximum absolute atomic E-state index is 14.2. The summed E-state index contributed by atoms with van der Waals surface area (Å²) in [6.45, 7) is 5.11. The highest BCUT2D eigenvalue weighted by Gasteiger charge is 2.37. The number of hydrazone groups is 1. The van der Waals surface area contributed by atoms with E-state index in [1.54, 1.807) is 12.1 Å². The summed E-state index contributed by atoms with van der Waals surface area (Å²) in [5.41, 5.74) is -1.12. The van der Waals surface area contributed by atoms with Crippen LogP contribution in [0.5, 0.6) is 5.75 Å². The van der Waals surface area contributed by atoms with E-state index in [-0.39, 0.29) is 22.9 Å². The molecule has 0 saturated heterocycles. The molecule has 162 valence electrons. The minimum Gasteiger partial charge on any atom is -0.488 e. The fraction of sp³-hybridized carbons (Fsp3) is 0.100. The zero-order valence-electron chi connectivity index (χ0n) is 15.6. The molecule has 0 aliphatic carbocycles. The van der Waals surface area contributed by atoms with Gasteiger partial charge in [-0.15, -0.1) is 0 Å². The van der Waals surface area contributed by atoms with Crippen molar-refractivity contribution < 1.29 is 31.5 Å². The number of nitrogens with zero attached hydrogens (tertiary/aromatic N) is 2. The predicted octanol–water partition coefficient (Wildman–Crippen LogP) is 6.12. The lowest BCUT2D eigenvalue weighted by molar-refractivity contribution is -0.114. The van der Waals surface area contributed by atoms with Crippen LogP contribution in [-0.2, 0) is 4.79 Å². The average molecular weight is 613 g/mol. The fourth-order valence-electron chi connectivity index (χ4n) is 2.75. The first-order chi connectivity index (χ1) is 14.6. The lowest BCUT2D eigenvalue weighted by atomic mass is 10.1. The quantitative estimate of drug-likeness (QED) is 0.102. The van der Waals surface area contributed by atoms with Gasteiger partial charge in [0, 0.05) is 10.0 Å². The molecule has 0 atom stereocenters. The Hall–Kier alpha value is -2.28. The van der Waals surface area contributed by atoms with Gasteiger partial charge in [0.2, 0.25) is 5.82 Å². The van der Waals surface area contributed by atoms with E-state index in [2.05, 4.69) is 27.6 Å². The van der Waals surface area contributed by atoms with E-state index in [1.807, 2.05) is 22.6 Å². The van der Waals surface area contributed by atoms with Crippen LogP contribution in [-0.4, -0.2) is 18.2 Å². The SMILES string of the molecule is C=CCOc1c(I)cc(Br)cc1/C=C1\C(=O)N(c2c(F)c(F)c(F)c(F)c2F)N=C1C. The molecule has 31 heavy (non-hydrogen) atoms. The number of benzene rings is 2. The molecule has 0 radical (unpaired) electrons. The summed E-state index contributed by atoms with van der Waals surface area (Å²) < 4.78 is 75.9. The summed E-state index contributed by atoms with van der Waals surface area (Å²) >= 11 is 5.35. The number of hydrogen-bond donors (Lipinski definition) is 0. The standard InChI is InChI=1S/C20H11BrF5IN2O2/c1-3-4-31-19-9(5-10(21)7-12(19)27)6-11-8(2)28-29(20(11)30)18-16(25)14(23)13(22)15(24)17(18)26/h3,5-7H,1,4H2,2H3/b11-6-. The van der Waals surface area contributed by atoms with Gasteiger partial charge >= 0.3 is 0 Å². The highest BCUT2D eigenvalue weighted by Crippen LogP contribution is 2.36. The van der Waals surface area contributed by atoms with Crippen LogP contribution in [0.4, 0.5) is 27.6 Å². The number of carbonyl (C=O) groups excluding carboxylic acids is 1. The maximum atomic E-state index is 14.2. The van der Waals surface area contributed by atoms with Gasteiger partial charge in [0.1, 0.15) is 18.0 Å². The van der Waals surface area contributed by atoms with E-state index >= 15 is 0 Å². The van der Waals surface area contributed by atoms with E-state index in [9.17, 15) is 26.7 Å². The van der Waals surface area contributed by atoms with Gasteiger partial charge in [-0.1, -0.05) is 28.6 Å². The third-order valence-corrected chi connectivity index (χ3v) is 5.40. The molecule has 0 bridgehead atoms. The van der Waals surface area contributed by atoms with Crippen molar-refractivity contribution in [3.63, 3.8) is 0 Å². The van der Waals surface area contributed by atoms with Crippen molar-refractivity contribution in [1.82, 2.24) is 0 Å². The summed E-state index contributed by atoms with van der Waals surface area (Å²) in [7, 11) is 0. The lowest BCUT2D eigenvalue weighted by Gasteiger charge is -2.15. The van der Waals surface area contributed by atoms with Crippen molar-refractivity contribution >= 4 is 61.9 Å². The molecule has 2 aromatic carbocycles. The number of carbonyl (C=O) groups is 1. The van der Waals surface area contributed by atoms with E-state index in [4.69, 9.17) is 4.74 Å². The molecular formula is C20H11BrF5IN2O2. The first kappa shape index (κ1) is 23.4. The third-order valence-electron chi connectivity index (χ3n) is 4.14. The molecule has 2 aromatic rings. The van der Waals surface area contributed by atoms with Crippen molar-refractivity contribution in [2.45, 2.75) is 6.92 Å². The van der Waals surface area contributed by atoms with E-state index in [0.29, 0.717) is 19.4 Å². The second kappa shape index (κ2) is 9.07. The van der Waals surface area contributed by atoms with E-state index in [1.165, 1.54) is 19.1 Å². The summed E-state index contributed by atoms with van der Waals surface area (Å²) in [6.07, 6.45) is 2.88. The van der Waals surface area contributed by atoms with Gasteiger partial charge in [-0.2, -0.15) is 10.1 Å². The molecule has 11 heteroatoms. The normalized spacial score (nSPS) is 15.0. The smallest absolute Gasteiger partial charge is 0.280 e. The summed E-state index contributed by atoms with van der Waals surface area (Å²) in [5.74, 6) is -11.6. The predicted molar refractivity (Wildman–Crippen MR) is 117 cm³/mol. The van der Waals surface area contributed by atoms with Gasteiger partial charge in [0.15, 0.2) is 23.3 Å². The van der Waals surface area contributed by atoms with Crippen molar-refractivity contribution in [1.29, 1.82) is 0 Å². The molecule has 1 aliphatic heterocycles. The monoisotopic (exact) mass is 612 g/mol. The van der Waals surface area contributed by atoms with Gasteiger partial charge in [-0.25, -0.2) is 22.0 Å². The van der Waals surface area contributed by atoms with Crippen LogP contribution >= 0.6 is 38.5 Å². The van der Waals surface area contributed by atoms with E-state index < -0.39 is 40.7 Å². The van der Waals surface area contributed by atoms with Gasteiger partial charge in [0.25, 0.3) is 5.91 Å². The van der Waals surface area contributed by atoms with Crippen LogP contribution in [0.25, 0.3) is 6.08 Å². The molecule has 0 unspecified atom stereocenters. The van der Waals surface area contributed by atoms with Crippen LogP contribution in [0.3, 0.4) is 0 Å². The molecular weight excluding hydrogens is 602 g/mol. The largest absolute Gasteiger partial charge is 0.488 e. The molecule has 3 rings (SSSR count). The highest BCUT2D eigenvalue weighted by atomic mass is 127. The Kier molecular flexibility index (Phi) is 6.84. The first-order valence-electron chi connectivity index (χ1n) is 8.44. The number of anilines is 1. The minimum atomic E-state index is -2.32. The van der Waals surface area contributed by atoms with Crippen molar-refractivity contribution in [3.05, 3.63) is 73.1 Å². The number of rotatable bonds is 5. The number of hydrogen-bond acceptors (Lipinski definition) is 3. The topological polar surface area (TPSA) is 41.9 Å². The van der Waals surface area contributed by atoms with Gasteiger partial charge in [-0.05, 0) is 47.7 Å². The van der Waals surface area contributed by atoms with Crippen LogP contribution in [0.2, 0.25) is 0 Å². The fourth-order valence-corrected chi connectivity index (χ4v) is 4.46. The second-order valence-corrected chi connectivity index (χ2v) is 8.26. The number of ether oxygens (including phenoxy) is 1. The molecule has 1 aliphatic rings. The molecule has 1 amide bonds. The van der Waals surface area contributed by atoms with Crippen LogP contribution in [0, 0.1) is 32.7 Å². The Morgan fingerprint density at radius 3 is 2.29 bits per heavy atom. The van der Waals surface area contributed by atoms with Crippen LogP contribution in [0.1, 0.15) is 12.5 Å². The van der Waals surface area contributed by atoms with Crippen molar-refractivity contribution in [3.8, 4) is 5.75 Å². The molecule has 0 spiro atoms. The van der Waals surface area contributed by atoms with E-state index in [0.717, 1.165) is 0 Å². The average Bonchev–Trinajstić information content (AvgIpc) is 2.98. The van der Waals surface area contributed by atoms with Gasteiger partial charge < -0.3 is 4.74 Å². The van der Waals surface area contributed by atoms with Gasteiger partial charge in [0.05, 0.1) is 14.9 Å². The number of amides is 1. The molecule has 0 aromatic heterocycles. The molecule has 4 nitrogen and oxygen atoms in total. The molecule has 0 N–H and O–H groups in total. The minimum absolute atomic E-state index is 0.0126. The summed E-state index contributed by atoms with van der Waals surface area (Å²) in [5, 5.41) is 3.87. The lowest BCUT2D eigenvalue weighted by Crippen LogP contribution is -2.25. The molecule has 0 fully saturated rings. The zero-order chi connectivity index (χ0) is 23.0. The molecule has 1 heterocycles.